The summed E-state index contributed by atoms with van der Waals surface area (Å²) in [5.41, 5.74) is 0. The van der Waals surface area contributed by atoms with Crippen LogP contribution in [0.25, 0.3) is 0 Å². The van der Waals surface area contributed by atoms with Gasteiger partial charge >= 0.3 is 0 Å². The smallest absolute Gasteiger partial charge is 0.0635 e. The van der Waals surface area contributed by atoms with Gasteiger partial charge in [0.05, 0.1) is 6.07 Å². The second-order valence-electron chi connectivity index (χ2n) is 4.22. The van der Waals surface area contributed by atoms with Gasteiger partial charge in [0.2, 0.25) is 0 Å². The maximum absolute atomic E-state index is 8.61. The first-order chi connectivity index (χ1) is 6.75. The monoisotopic (exact) mass is 195 g/mol. The minimum Gasteiger partial charge on any atom is -0.317 e. The molecule has 0 aromatic carbocycles. The molecule has 0 atom stereocenters. The zero-order chi connectivity index (χ0) is 10.4. The lowest BCUT2D eigenvalue weighted by Crippen LogP contribution is -2.46. The molecule has 0 aromatic heterocycles. The van der Waals surface area contributed by atoms with E-state index in [9.17, 15) is 0 Å². The Hall–Kier alpha value is -0.590. The Labute approximate surface area is 87.1 Å². The fourth-order valence-corrected chi connectivity index (χ4v) is 2.18. The van der Waals surface area contributed by atoms with Crippen LogP contribution in [0.5, 0.6) is 0 Å². The molecule has 1 aliphatic heterocycles. The minimum atomic E-state index is 0.562. The predicted molar refractivity (Wildman–Crippen MR) is 58.0 cm³/mol. The zero-order valence-corrected chi connectivity index (χ0v) is 9.29. The van der Waals surface area contributed by atoms with Crippen molar-refractivity contribution in [1.29, 1.82) is 5.26 Å². The summed E-state index contributed by atoms with van der Waals surface area (Å²) >= 11 is 0. The summed E-state index contributed by atoms with van der Waals surface area (Å²) in [4.78, 5) is 2.48. The fraction of sp³-hybridized carbons (Fsp3) is 0.909. The van der Waals surface area contributed by atoms with Gasteiger partial charge in [-0.1, -0.05) is 0 Å². The summed E-state index contributed by atoms with van der Waals surface area (Å²) in [6, 6.07) is 3.48. The lowest BCUT2D eigenvalue weighted by atomic mass is 10.0. The van der Waals surface area contributed by atoms with E-state index in [4.69, 9.17) is 5.26 Å². The van der Waals surface area contributed by atoms with Gasteiger partial charge in [0.25, 0.3) is 0 Å². The molecule has 1 aliphatic rings. The molecule has 1 N–H and O–H groups in total. The maximum atomic E-state index is 8.61. The van der Waals surface area contributed by atoms with Crippen LogP contribution in [0.15, 0.2) is 0 Å². The maximum Gasteiger partial charge on any atom is 0.0635 e. The highest BCUT2D eigenvalue weighted by molar-refractivity contribution is 4.82. The normalized spacial score (nSPS) is 18.8. The molecule has 3 heteroatoms. The number of nitriles is 1. The standard InChI is InChI=1S/C11H21N3/c1-10(2)14(9-3-6-12)11-4-7-13-8-5-11/h10-11,13H,3-5,7-9H2,1-2H3. The molecular weight excluding hydrogens is 174 g/mol. The van der Waals surface area contributed by atoms with E-state index in [1.165, 1.54) is 12.8 Å². The Balaban J connectivity index is 2.43. The van der Waals surface area contributed by atoms with Crippen molar-refractivity contribution in [2.24, 2.45) is 0 Å². The van der Waals surface area contributed by atoms with Gasteiger partial charge in [0.15, 0.2) is 0 Å². The van der Waals surface area contributed by atoms with Gasteiger partial charge in [-0.3, -0.25) is 4.90 Å². The molecular formula is C11H21N3. The number of hydrogen-bond donors (Lipinski definition) is 1. The van der Waals surface area contributed by atoms with E-state index in [-0.39, 0.29) is 0 Å². The van der Waals surface area contributed by atoms with Crippen molar-refractivity contribution in [1.82, 2.24) is 10.2 Å². The first-order valence-electron chi connectivity index (χ1n) is 5.59. The lowest BCUT2D eigenvalue weighted by Gasteiger charge is -2.37. The molecule has 14 heavy (non-hydrogen) atoms. The summed E-state index contributed by atoms with van der Waals surface area (Å²) in [5.74, 6) is 0. The van der Waals surface area contributed by atoms with Crippen molar-refractivity contribution in [3.8, 4) is 6.07 Å². The van der Waals surface area contributed by atoms with E-state index in [1.807, 2.05) is 0 Å². The summed E-state index contributed by atoms with van der Waals surface area (Å²) < 4.78 is 0. The van der Waals surface area contributed by atoms with Gasteiger partial charge < -0.3 is 5.32 Å². The first-order valence-corrected chi connectivity index (χ1v) is 5.59. The van der Waals surface area contributed by atoms with Crippen LogP contribution in [-0.2, 0) is 0 Å². The summed E-state index contributed by atoms with van der Waals surface area (Å²) in [7, 11) is 0. The topological polar surface area (TPSA) is 39.1 Å². The minimum absolute atomic E-state index is 0.562. The summed E-state index contributed by atoms with van der Waals surface area (Å²) in [5, 5.41) is 12.0. The van der Waals surface area contributed by atoms with Crippen molar-refractivity contribution < 1.29 is 0 Å². The summed E-state index contributed by atoms with van der Waals surface area (Å²) in [6.07, 6.45) is 3.11. The van der Waals surface area contributed by atoms with Crippen LogP contribution in [0.4, 0.5) is 0 Å². The molecule has 0 aliphatic carbocycles. The number of nitrogens with zero attached hydrogens (tertiary/aromatic N) is 2. The van der Waals surface area contributed by atoms with E-state index in [0.717, 1.165) is 19.6 Å². The molecule has 1 fully saturated rings. The van der Waals surface area contributed by atoms with Crippen molar-refractivity contribution in [2.45, 2.75) is 45.2 Å². The molecule has 0 bridgehead atoms. The van der Waals surface area contributed by atoms with Crippen LogP contribution >= 0.6 is 0 Å². The lowest BCUT2D eigenvalue weighted by molar-refractivity contribution is 0.129. The van der Waals surface area contributed by atoms with Crippen LogP contribution < -0.4 is 5.32 Å². The molecule has 0 saturated carbocycles. The molecule has 80 valence electrons. The molecule has 0 unspecified atom stereocenters. The van der Waals surface area contributed by atoms with Crippen LogP contribution in [0.3, 0.4) is 0 Å². The van der Waals surface area contributed by atoms with E-state index < -0.39 is 0 Å². The van der Waals surface area contributed by atoms with Crippen molar-refractivity contribution in [3.63, 3.8) is 0 Å². The average molecular weight is 195 g/mol. The van der Waals surface area contributed by atoms with Gasteiger partial charge in [0, 0.05) is 25.0 Å². The second kappa shape index (κ2) is 6.00. The Bertz CT molecular complexity index is 189. The van der Waals surface area contributed by atoms with Gasteiger partial charge in [-0.15, -0.1) is 0 Å². The molecule has 0 amide bonds. The van der Waals surface area contributed by atoms with Crippen LogP contribution in [0.1, 0.15) is 33.1 Å². The zero-order valence-electron chi connectivity index (χ0n) is 9.29. The summed E-state index contributed by atoms with van der Waals surface area (Å²) in [6.45, 7) is 7.62. The SMILES string of the molecule is CC(C)N(CCC#N)C1CCNCC1. The highest BCUT2D eigenvalue weighted by Gasteiger charge is 2.22. The molecule has 0 spiro atoms. The van der Waals surface area contributed by atoms with Crippen molar-refractivity contribution in [2.75, 3.05) is 19.6 Å². The van der Waals surface area contributed by atoms with Crippen LogP contribution in [-0.4, -0.2) is 36.6 Å². The third-order valence-corrected chi connectivity index (χ3v) is 2.92. The molecule has 0 aromatic rings. The largest absolute Gasteiger partial charge is 0.317 e. The van der Waals surface area contributed by atoms with Crippen molar-refractivity contribution >= 4 is 0 Å². The first kappa shape index (κ1) is 11.5. The van der Waals surface area contributed by atoms with E-state index in [0.29, 0.717) is 18.5 Å². The number of nitrogens with one attached hydrogen (secondary N) is 1. The fourth-order valence-electron chi connectivity index (χ4n) is 2.18. The van der Waals surface area contributed by atoms with Gasteiger partial charge in [-0.25, -0.2) is 0 Å². The second-order valence-corrected chi connectivity index (χ2v) is 4.22. The quantitative estimate of drug-likeness (QED) is 0.736. The van der Waals surface area contributed by atoms with E-state index >= 15 is 0 Å². The van der Waals surface area contributed by atoms with Crippen LogP contribution in [0.2, 0.25) is 0 Å². The third-order valence-electron chi connectivity index (χ3n) is 2.92. The average Bonchev–Trinajstić information content (AvgIpc) is 2.19. The predicted octanol–water partition coefficient (Wildman–Crippen LogP) is 1.36. The molecule has 3 nitrogen and oxygen atoms in total. The Morgan fingerprint density at radius 1 is 1.43 bits per heavy atom. The Morgan fingerprint density at radius 3 is 2.57 bits per heavy atom. The van der Waals surface area contributed by atoms with E-state index in [1.54, 1.807) is 0 Å². The van der Waals surface area contributed by atoms with E-state index in [2.05, 4.69) is 30.1 Å². The third kappa shape index (κ3) is 3.28. The Kier molecular flexibility index (Phi) is 4.92. The van der Waals surface area contributed by atoms with Gasteiger partial charge in [-0.05, 0) is 39.8 Å². The number of piperidine rings is 1. The highest BCUT2D eigenvalue weighted by Crippen LogP contribution is 2.15. The molecule has 1 heterocycles. The van der Waals surface area contributed by atoms with Crippen LogP contribution in [0, 0.1) is 11.3 Å². The van der Waals surface area contributed by atoms with Gasteiger partial charge in [-0.2, -0.15) is 5.26 Å². The molecule has 0 radical (unpaired) electrons. The molecule has 1 saturated heterocycles. The highest BCUT2D eigenvalue weighted by atomic mass is 15.2. The van der Waals surface area contributed by atoms with Crippen molar-refractivity contribution in [3.05, 3.63) is 0 Å². The number of hydrogen-bond acceptors (Lipinski definition) is 3. The Morgan fingerprint density at radius 2 is 2.07 bits per heavy atom. The molecule has 1 rings (SSSR count). The number of rotatable bonds is 4. The van der Waals surface area contributed by atoms with Gasteiger partial charge in [0.1, 0.15) is 0 Å².